The molecule has 2 N–H and O–H groups in total. The van der Waals surface area contributed by atoms with E-state index in [-0.39, 0.29) is 36.1 Å². The van der Waals surface area contributed by atoms with Gasteiger partial charge in [0.05, 0.1) is 36.3 Å². The number of amides is 3. The third kappa shape index (κ3) is 7.75. The Morgan fingerprint density at radius 3 is 2.50 bits per heavy atom. The van der Waals surface area contributed by atoms with Crippen molar-refractivity contribution in [2.24, 2.45) is 0 Å². The largest absolute Gasteiger partial charge is 0.493 e. The standard InChI is InChI=1S/C31H33Cl3N8O4/c1-4-24(19-5-8-25(45-2)26(13-19)46-3)37-29(43)15-21-17-40(31(44)36-20-6-7-22(32)23(33)14-20)11-12-42(21)28-16-27(34)38-30(39-28)41-10-9-35-18-41/h5-10,13-14,16,18,21,24H,4,11-12,15,17H2,1-3H3,(H,36,44)(H,37,43). The van der Waals surface area contributed by atoms with Gasteiger partial charge in [0.1, 0.15) is 17.3 Å². The van der Waals surface area contributed by atoms with Gasteiger partial charge in [0.15, 0.2) is 11.5 Å². The van der Waals surface area contributed by atoms with E-state index in [0.717, 1.165) is 5.56 Å². The topological polar surface area (TPSA) is 127 Å². The molecule has 0 spiro atoms. The average molecular weight is 688 g/mol. The Balaban J connectivity index is 1.38. The van der Waals surface area contributed by atoms with Crippen LogP contribution in [0, 0.1) is 0 Å². The summed E-state index contributed by atoms with van der Waals surface area (Å²) < 4.78 is 12.5. The summed E-state index contributed by atoms with van der Waals surface area (Å²) in [5.41, 5.74) is 1.38. The van der Waals surface area contributed by atoms with E-state index < -0.39 is 6.04 Å². The van der Waals surface area contributed by atoms with Crippen molar-refractivity contribution in [1.29, 1.82) is 0 Å². The highest BCUT2D eigenvalue weighted by atomic mass is 35.5. The Bertz CT molecular complexity index is 1690. The minimum Gasteiger partial charge on any atom is -0.493 e. The summed E-state index contributed by atoms with van der Waals surface area (Å²) in [7, 11) is 3.14. The molecule has 242 valence electrons. The van der Waals surface area contributed by atoms with E-state index in [9.17, 15) is 9.59 Å². The molecule has 1 saturated heterocycles. The molecule has 0 saturated carbocycles. The fourth-order valence-corrected chi connectivity index (χ4v) is 5.76. The first-order valence-corrected chi connectivity index (χ1v) is 15.6. The Hall–Kier alpha value is -4.26. The number of hydrogen-bond acceptors (Lipinski definition) is 8. The zero-order chi connectivity index (χ0) is 32.8. The molecule has 12 nitrogen and oxygen atoms in total. The van der Waals surface area contributed by atoms with Crippen LogP contribution in [0.25, 0.3) is 5.95 Å². The molecule has 3 heterocycles. The number of anilines is 2. The molecule has 3 amide bonds. The van der Waals surface area contributed by atoms with Crippen molar-refractivity contribution >= 4 is 58.2 Å². The van der Waals surface area contributed by atoms with Gasteiger partial charge in [-0.15, -0.1) is 0 Å². The molecule has 0 bridgehead atoms. The van der Waals surface area contributed by atoms with Crippen LogP contribution < -0.4 is 25.0 Å². The lowest BCUT2D eigenvalue weighted by atomic mass is 10.0. The first-order valence-electron chi connectivity index (χ1n) is 14.5. The number of urea groups is 1. The van der Waals surface area contributed by atoms with Gasteiger partial charge in [0.2, 0.25) is 11.9 Å². The van der Waals surface area contributed by atoms with Gasteiger partial charge < -0.3 is 29.9 Å². The highest BCUT2D eigenvalue weighted by Crippen LogP contribution is 2.32. The van der Waals surface area contributed by atoms with Gasteiger partial charge in [0, 0.05) is 50.2 Å². The summed E-state index contributed by atoms with van der Waals surface area (Å²) in [5.74, 6) is 1.84. The lowest BCUT2D eigenvalue weighted by molar-refractivity contribution is -0.122. The number of imidazole rings is 1. The Kier molecular flexibility index (Phi) is 10.7. The molecular formula is C31H33Cl3N8O4. The van der Waals surface area contributed by atoms with E-state index >= 15 is 0 Å². The van der Waals surface area contributed by atoms with Gasteiger partial charge in [-0.05, 0) is 42.3 Å². The zero-order valence-electron chi connectivity index (χ0n) is 25.4. The number of benzene rings is 2. The molecular weight excluding hydrogens is 655 g/mol. The summed E-state index contributed by atoms with van der Waals surface area (Å²) in [4.78, 5) is 43.8. The lowest BCUT2D eigenvalue weighted by Gasteiger charge is -2.42. The number of ether oxygens (including phenoxy) is 2. The molecule has 2 unspecified atom stereocenters. The lowest BCUT2D eigenvalue weighted by Crippen LogP contribution is -2.57. The molecule has 2 atom stereocenters. The van der Waals surface area contributed by atoms with Crippen LogP contribution in [0.2, 0.25) is 15.2 Å². The highest BCUT2D eigenvalue weighted by molar-refractivity contribution is 6.42. The summed E-state index contributed by atoms with van der Waals surface area (Å²) in [5, 5.41) is 6.97. The predicted octanol–water partition coefficient (Wildman–Crippen LogP) is 6.02. The molecule has 46 heavy (non-hydrogen) atoms. The Labute approximate surface area is 281 Å². The van der Waals surface area contributed by atoms with E-state index in [2.05, 4.69) is 20.6 Å². The van der Waals surface area contributed by atoms with Crippen LogP contribution in [0.3, 0.4) is 0 Å². The maximum atomic E-state index is 13.7. The summed E-state index contributed by atoms with van der Waals surface area (Å²) in [6, 6.07) is 11.0. The van der Waals surface area contributed by atoms with E-state index in [1.807, 2.05) is 30.0 Å². The van der Waals surface area contributed by atoms with Crippen LogP contribution in [-0.4, -0.2) is 76.3 Å². The van der Waals surface area contributed by atoms with E-state index in [1.54, 1.807) is 66.7 Å². The van der Waals surface area contributed by atoms with Crippen LogP contribution in [0.4, 0.5) is 16.3 Å². The first-order chi connectivity index (χ1) is 22.2. The second kappa shape index (κ2) is 14.9. The first kappa shape index (κ1) is 33.1. The van der Waals surface area contributed by atoms with Crippen LogP contribution in [0.5, 0.6) is 11.5 Å². The molecule has 0 aliphatic carbocycles. The van der Waals surface area contributed by atoms with Crippen LogP contribution in [-0.2, 0) is 4.79 Å². The molecule has 1 fully saturated rings. The van der Waals surface area contributed by atoms with E-state index in [4.69, 9.17) is 49.3 Å². The second-order valence-corrected chi connectivity index (χ2v) is 11.7. The summed E-state index contributed by atoms with van der Waals surface area (Å²) in [6.45, 7) is 2.97. The SMILES string of the molecule is CCC(NC(=O)CC1CN(C(=O)Nc2ccc(Cl)c(Cl)c2)CCN1c1cc(Cl)nc(-n2ccnc2)n1)c1ccc(OC)c(OC)c1. The minimum absolute atomic E-state index is 0.0718. The van der Waals surface area contributed by atoms with Gasteiger partial charge in [-0.1, -0.05) is 47.8 Å². The predicted molar refractivity (Wildman–Crippen MR) is 178 cm³/mol. The highest BCUT2D eigenvalue weighted by Gasteiger charge is 2.33. The van der Waals surface area contributed by atoms with Crippen molar-refractivity contribution < 1.29 is 19.1 Å². The molecule has 2 aromatic heterocycles. The van der Waals surface area contributed by atoms with Crippen molar-refractivity contribution in [3.8, 4) is 17.4 Å². The molecule has 5 rings (SSSR count). The number of carbonyl (C=O) groups excluding carboxylic acids is 2. The fourth-order valence-electron chi connectivity index (χ4n) is 5.28. The minimum atomic E-state index is -0.446. The van der Waals surface area contributed by atoms with Crippen molar-refractivity contribution in [3.05, 3.63) is 81.9 Å². The smallest absolute Gasteiger partial charge is 0.321 e. The normalized spacial score (nSPS) is 15.3. The van der Waals surface area contributed by atoms with Gasteiger partial charge in [-0.25, -0.2) is 14.8 Å². The number of hydrogen-bond donors (Lipinski definition) is 2. The maximum absolute atomic E-state index is 13.7. The van der Waals surface area contributed by atoms with Crippen LogP contribution in [0.1, 0.15) is 31.4 Å². The van der Waals surface area contributed by atoms with Gasteiger partial charge in [-0.2, -0.15) is 4.98 Å². The Morgan fingerprint density at radius 2 is 1.80 bits per heavy atom. The second-order valence-electron chi connectivity index (χ2n) is 10.5. The van der Waals surface area contributed by atoms with Crippen molar-refractivity contribution in [2.45, 2.75) is 31.8 Å². The number of aromatic nitrogens is 4. The Morgan fingerprint density at radius 1 is 1.00 bits per heavy atom. The zero-order valence-corrected chi connectivity index (χ0v) is 27.7. The summed E-state index contributed by atoms with van der Waals surface area (Å²) in [6.07, 6.45) is 5.62. The monoisotopic (exact) mass is 686 g/mol. The maximum Gasteiger partial charge on any atom is 0.321 e. The number of carbonyl (C=O) groups is 2. The quantitative estimate of drug-likeness (QED) is 0.194. The summed E-state index contributed by atoms with van der Waals surface area (Å²) >= 11 is 18.6. The average Bonchev–Trinajstić information content (AvgIpc) is 3.60. The number of rotatable bonds is 10. The van der Waals surface area contributed by atoms with E-state index in [1.165, 1.54) is 0 Å². The third-order valence-corrected chi connectivity index (χ3v) is 8.55. The number of piperazine rings is 1. The van der Waals surface area contributed by atoms with Gasteiger partial charge in [-0.3, -0.25) is 9.36 Å². The van der Waals surface area contributed by atoms with Gasteiger partial charge >= 0.3 is 6.03 Å². The molecule has 1 aliphatic rings. The fraction of sp³-hybridized carbons (Fsp3) is 0.323. The van der Waals surface area contributed by atoms with Crippen molar-refractivity contribution in [1.82, 2.24) is 29.7 Å². The van der Waals surface area contributed by atoms with Crippen molar-refractivity contribution in [3.63, 3.8) is 0 Å². The van der Waals surface area contributed by atoms with Gasteiger partial charge in [0.25, 0.3) is 0 Å². The third-order valence-electron chi connectivity index (χ3n) is 7.61. The van der Waals surface area contributed by atoms with Crippen LogP contribution >= 0.6 is 34.8 Å². The molecule has 4 aromatic rings. The number of methoxy groups -OCH3 is 2. The van der Waals surface area contributed by atoms with E-state index in [0.29, 0.717) is 58.5 Å². The number of halogens is 3. The molecule has 2 aromatic carbocycles. The number of nitrogens with zero attached hydrogens (tertiary/aromatic N) is 6. The number of nitrogens with one attached hydrogen (secondary N) is 2. The van der Waals surface area contributed by atoms with Crippen LogP contribution in [0.15, 0.2) is 61.2 Å². The molecule has 15 heteroatoms. The molecule has 1 aliphatic heterocycles. The van der Waals surface area contributed by atoms with Crippen molar-refractivity contribution in [2.75, 3.05) is 44.1 Å². The molecule has 0 radical (unpaired) electrons.